The lowest BCUT2D eigenvalue weighted by molar-refractivity contribution is 0.0997. The van der Waals surface area contributed by atoms with Gasteiger partial charge in [-0.15, -0.1) is 0 Å². The molecule has 0 aromatic heterocycles. The second-order valence-corrected chi connectivity index (χ2v) is 7.67. The van der Waals surface area contributed by atoms with Crippen LogP contribution in [0.15, 0.2) is 30.3 Å². The molecule has 0 aliphatic carbocycles. The molecule has 0 unspecified atom stereocenters. The van der Waals surface area contributed by atoms with Gasteiger partial charge in [-0.25, -0.2) is 13.1 Å². The molecule has 106 valence electrons. The highest BCUT2D eigenvalue weighted by Crippen LogP contribution is 2.18. The van der Waals surface area contributed by atoms with E-state index < -0.39 is 10.0 Å². The van der Waals surface area contributed by atoms with Gasteiger partial charge in [0.1, 0.15) is 0 Å². The van der Waals surface area contributed by atoms with Gasteiger partial charge in [0.05, 0.1) is 12.3 Å². The molecule has 4 nitrogen and oxygen atoms in total. The lowest BCUT2D eigenvalue weighted by Crippen LogP contribution is -2.32. The van der Waals surface area contributed by atoms with Crippen LogP contribution in [-0.4, -0.2) is 26.5 Å². The van der Waals surface area contributed by atoms with Crippen molar-refractivity contribution in [2.45, 2.75) is 27.2 Å². The third-order valence-corrected chi connectivity index (χ3v) is 3.99. The summed E-state index contributed by atoms with van der Waals surface area (Å²) in [5.41, 5.74) is 0.471. The quantitative estimate of drug-likeness (QED) is 0.814. The summed E-state index contributed by atoms with van der Waals surface area (Å²) in [6, 6.07) is 8.66. The molecule has 1 rings (SSSR count). The summed E-state index contributed by atoms with van der Waals surface area (Å²) < 4.78 is 25.9. The van der Waals surface area contributed by atoms with Gasteiger partial charge in [0.2, 0.25) is 10.0 Å². The number of rotatable bonds is 6. The highest BCUT2D eigenvalue weighted by molar-refractivity contribution is 7.89. The Balaban J connectivity index is 2.50. The molecule has 0 bridgehead atoms. The molecule has 0 heterocycles. The highest BCUT2D eigenvalue weighted by atomic mass is 32.2. The van der Waals surface area contributed by atoms with E-state index in [2.05, 4.69) is 4.72 Å². The number of hydrogen-bond acceptors (Lipinski definition) is 3. The Morgan fingerprint density at radius 2 is 1.74 bits per heavy atom. The maximum Gasteiger partial charge on any atom is 0.212 e. The normalized spacial score (nSPS) is 12.4. The minimum atomic E-state index is -3.39. The number of nitrogens with one attached hydrogen (secondary N) is 1. The molecule has 1 aromatic rings. The number of sulfonamides is 1. The first-order chi connectivity index (χ1) is 8.70. The van der Waals surface area contributed by atoms with Crippen molar-refractivity contribution >= 4 is 15.8 Å². The van der Waals surface area contributed by atoms with Gasteiger partial charge in [-0.3, -0.25) is 4.79 Å². The van der Waals surface area contributed by atoms with Gasteiger partial charge in [-0.05, 0) is 11.8 Å². The second kappa shape index (κ2) is 6.30. The van der Waals surface area contributed by atoms with E-state index in [1.54, 1.807) is 24.3 Å². The summed E-state index contributed by atoms with van der Waals surface area (Å²) >= 11 is 0. The molecule has 0 amide bonds. The van der Waals surface area contributed by atoms with Crippen molar-refractivity contribution in [2.75, 3.05) is 12.3 Å². The Bertz CT molecular complexity index is 515. The predicted molar refractivity (Wildman–Crippen MR) is 76.6 cm³/mol. The fourth-order valence-corrected chi connectivity index (χ4v) is 2.79. The number of benzene rings is 1. The van der Waals surface area contributed by atoms with Crippen molar-refractivity contribution in [2.24, 2.45) is 5.41 Å². The molecule has 0 radical (unpaired) electrons. The number of Topliss-reactive ketones (excluding diaryl/α,β-unsaturated/α-hetero) is 1. The smallest absolute Gasteiger partial charge is 0.212 e. The third-order valence-electron chi connectivity index (χ3n) is 2.67. The van der Waals surface area contributed by atoms with Crippen molar-refractivity contribution < 1.29 is 13.2 Å². The van der Waals surface area contributed by atoms with Crippen LogP contribution in [0.5, 0.6) is 0 Å². The average molecular weight is 283 g/mol. The number of carbonyl (C=O) groups is 1. The first-order valence-electron chi connectivity index (χ1n) is 6.25. The molecule has 0 atom stereocenters. The van der Waals surface area contributed by atoms with Gasteiger partial charge < -0.3 is 0 Å². The summed E-state index contributed by atoms with van der Waals surface area (Å²) in [5.74, 6) is -0.182. The predicted octanol–water partition coefficient (Wildman–Crippen LogP) is 2.22. The van der Waals surface area contributed by atoms with Crippen LogP contribution in [0.25, 0.3) is 0 Å². The minimum Gasteiger partial charge on any atom is -0.293 e. The summed E-state index contributed by atoms with van der Waals surface area (Å²) in [7, 11) is -3.39. The molecule has 5 heteroatoms. The van der Waals surface area contributed by atoms with E-state index in [1.165, 1.54) is 0 Å². The Labute approximate surface area is 115 Å². The first kappa shape index (κ1) is 15.9. The molecule has 0 aliphatic rings. The maximum absolute atomic E-state index is 11.8. The van der Waals surface area contributed by atoms with Gasteiger partial charge in [0, 0.05) is 5.56 Å². The summed E-state index contributed by atoms with van der Waals surface area (Å²) in [6.45, 7) is 5.77. The van der Waals surface area contributed by atoms with Crippen LogP contribution in [0.3, 0.4) is 0 Å². The number of hydrogen-bond donors (Lipinski definition) is 1. The molecule has 1 aromatic carbocycles. The largest absolute Gasteiger partial charge is 0.293 e. The fourth-order valence-electron chi connectivity index (χ4n) is 1.41. The molecule has 0 spiro atoms. The van der Waals surface area contributed by atoms with E-state index in [-0.39, 0.29) is 23.5 Å². The van der Waals surface area contributed by atoms with Crippen molar-refractivity contribution in [1.29, 1.82) is 0 Å². The monoisotopic (exact) mass is 283 g/mol. The van der Waals surface area contributed by atoms with Crippen molar-refractivity contribution in [1.82, 2.24) is 4.72 Å². The van der Waals surface area contributed by atoms with Crippen LogP contribution < -0.4 is 4.72 Å². The molecular weight excluding hydrogens is 262 g/mol. The van der Waals surface area contributed by atoms with Gasteiger partial charge in [0.25, 0.3) is 0 Å². The second-order valence-electron chi connectivity index (χ2n) is 5.74. The molecule has 0 aliphatic heterocycles. The van der Waals surface area contributed by atoms with Crippen LogP contribution in [0, 0.1) is 5.41 Å². The van der Waals surface area contributed by atoms with E-state index in [1.807, 2.05) is 26.8 Å². The van der Waals surface area contributed by atoms with Crippen LogP contribution in [-0.2, 0) is 10.0 Å². The summed E-state index contributed by atoms with van der Waals surface area (Å²) in [6.07, 6.45) is 0.557. The van der Waals surface area contributed by atoms with E-state index in [9.17, 15) is 13.2 Å². The Morgan fingerprint density at radius 1 is 1.16 bits per heavy atom. The molecule has 19 heavy (non-hydrogen) atoms. The summed E-state index contributed by atoms with van der Waals surface area (Å²) in [4.78, 5) is 11.8. The number of ketones is 1. The van der Waals surface area contributed by atoms with Crippen LogP contribution >= 0.6 is 0 Å². The van der Waals surface area contributed by atoms with E-state index in [0.717, 1.165) is 0 Å². The van der Waals surface area contributed by atoms with Crippen molar-refractivity contribution in [3.05, 3.63) is 35.9 Å². The standard InChI is InChI=1S/C14H21NO3S/c1-14(2,3)9-10-19(17,18)15-11-13(16)12-7-5-4-6-8-12/h4-8,15H,9-11H2,1-3H3. The van der Waals surface area contributed by atoms with Gasteiger partial charge >= 0.3 is 0 Å². The highest BCUT2D eigenvalue weighted by Gasteiger charge is 2.18. The Kier molecular flexibility index (Phi) is 5.26. The summed E-state index contributed by atoms with van der Waals surface area (Å²) in [5, 5.41) is 0. The SMILES string of the molecule is CC(C)(C)CCS(=O)(=O)NCC(=O)c1ccccc1. The third kappa shape index (κ3) is 6.50. The van der Waals surface area contributed by atoms with Crippen molar-refractivity contribution in [3.8, 4) is 0 Å². The van der Waals surface area contributed by atoms with E-state index >= 15 is 0 Å². The average Bonchev–Trinajstić information content (AvgIpc) is 2.34. The van der Waals surface area contributed by atoms with Gasteiger partial charge in [-0.1, -0.05) is 51.1 Å². The number of carbonyl (C=O) groups excluding carboxylic acids is 1. The van der Waals surface area contributed by atoms with Gasteiger partial charge in [-0.2, -0.15) is 0 Å². The zero-order valence-corrected chi connectivity index (χ0v) is 12.5. The molecular formula is C14H21NO3S. The van der Waals surface area contributed by atoms with Crippen LogP contribution in [0.4, 0.5) is 0 Å². The topological polar surface area (TPSA) is 63.2 Å². The van der Waals surface area contributed by atoms with Crippen LogP contribution in [0.2, 0.25) is 0 Å². The maximum atomic E-state index is 11.8. The molecule has 1 N–H and O–H groups in total. The Morgan fingerprint density at radius 3 is 2.26 bits per heavy atom. The van der Waals surface area contributed by atoms with Crippen LogP contribution in [0.1, 0.15) is 37.6 Å². The zero-order valence-electron chi connectivity index (χ0n) is 11.6. The minimum absolute atomic E-state index is 0.0402. The zero-order chi connectivity index (χ0) is 14.5. The fraction of sp³-hybridized carbons (Fsp3) is 0.500. The molecule has 0 fully saturated rings. The Hall–Kier alpha value is -1.20. The first-order valence-corrected chi connectivity index (χ1v) is 7.90. The van der Waals surface area contributed by atoms with E-state index in [0.29, 0.717) is 12.0 Å². The van der Waals surface area contributed by atoms with Crippen molar-refractivity contribution in [3.63, 3.8) is 0 Å². The molecule has 0 saturated heterocycles. The lowest BCUT2D eigenvalue weighted by atomic mass is 9.94. The van der Waals surface area contributed by atoms with E-state index in [4.69, 9.17) is 0 Å². The molecule has 0 saturated carbocycles. The lowest BCUT2D eigenvalue weighted by Gasteiger charge is -2.17. The van der Waals surface area contributed by atoms with Gasteiger partial charge in [0.15, 0.2) is 5.78 Å².